The molecule has 1 aliphatic carbocycles. The van der Waals surface area contributed by atoms with Gasteiger partial charge in [0.25, 0.3) is 11.8 Å². The zero-order valence-electron chi connectivity index (χ0n) is 20.5. The Balaban J connectivity index is 1.38. The molecule has 2 amide bonds. The lowest BCUT2D eigenvalue weighted by Crippen LogP contribution is -2.37. The first-order valence-electron chi connectivity index (χ1n) is 12.4. The molecule has 37 heavy (non-hydrogen) atoms. The van der Waals surface area contributed by atoms with Gasteiger partial charge in [0.2, 0.25) is 0 Å². The number of allylic oxidation sites excluding steroid dienone is 2. The number of imide groups is 1. The summed E-state index contributed by atoms with van der Waals surface area (Å²) in [4.78, 5) is 56.8. The standard InChI is InChI=1S/C28H27N3O6/c1-2-37-28(35)25-21(16-36-14-13-31-26(33)18-8-3-4-9-19(18)27(31)34)30-20-10-5-11-22(32)24(20)23(25)17-7-6-12-29-15-17/h3-4,6-9,12,15,23,30H,2,5,10-11,13-14,16H2,1H3. The largest absolute Gasteiger partial charge is 0.463 e. The van der Waals surface area contributed by atoms with Gasteiger partial charge in [0.1, 0.15) is 0 Å². The fourth-order valence-corrected chi connectivity index (χ4v) is 5.11. The van der Waals surface area contributed by atoms with Gasteiger partial charge in [0.05, 0.1) is 48.8 Å². The number of ketones is 1. The predicted molar refractivity (Wildman–Crippen MR) is 132 cm³/mol. The lowest BCUT2D eigenvalue weighted by atomic mass is 9.75. The number of amides is 2. The number of rotatable bonds is 8. The molecule has 2 aliphatic heterocycles. The highest BCUT2D eigenvalue weighted by Crippen LogP contribution is 2.42. The minimum Gasteiger partial charge on any atom is -0.463 e. The van der Waals surface area contributed by atoms with Gasteiger partial charge in [-0.15, -0.1) is 0 Å². The van der Waals surface area contributed by atoms with Gasteiger partial charge in [0, 0.05) is 36.0 Å². The van der Waals surface area contributed by atoms with E-state index >= 15 is 0 Å². The lowest BCUT2D eigenvalue weighted by molar-refractivity contribution is -0.139. The molecule has 9 nitrogen and oxygen atoms in total. The highest BCUT2D eigenvalue weighted by atomic mass is 16.5. The van der Waals surface area contributed by atoms with E-state index < -0.39 is 11.9 Å². The van der Waals surface area contributed by atoms with Crippen LogP contribution in [0.3, 0.4) is 0 Å². The number of ether oxygens (including phenoxy) is 2. The molecule has 0 radical (unpaired) electrons. The first kappa shape index (κ1) is 24.6. The average molecular weight is 502 g/mol. The minimum absolute atomic E-state index is 0.00463. The van der Waals surface area contributed by atoms with Crippen LogP contribution in [0.15, 0.2) is 71.3 Å². The fourth-order valence-electron chi connectivity index (χ4n) is 5.11. The van der Waals surface area contributed by atoms with Crippen LogP contribution in [0.5, 0.6) is 0 Å². The quantitative estimate of drug-likeness (QED) is 0.334. The summed E-state index contributed by atoms with van der Waals surface area (Å²) >= 11 is 0. The molecular weight excluding hydrogens is 474 g/mol. The molecule has 0 spiro atoms. The van der Waals surface area contributed by atoms with Crippen LogP contribution in [-0.4, -0.2) is 59.8 Å². The summed E-state index contributed by atoms with van der Waals surface area (Å²) < 4.78 is 11.3. The van der Waals surface area contributed by atoms with E-state index in [2.05, 4.69) is 10.3 Å². The van der Waals surface area contributed by atoms with Gasteiger partial charge in [-0.05, 0) is 43.5 Å². The summed E-state index contributed by atoms with van der Waals surface area (Å²) in [6.07, 6.45) is 5.10. The van der Waals surface area contributed by atoms with Crippen LogP contribution in [0.25, 0.3) is 0 Å². The summed E-state index contributed by atoms with van der Waals surface area (Å²) in [5.74, 6) is -1.86. The third kappa shape index (κ3) is 4.58. The van der Waals surface area contributed by atoms with E-state index in [-0.39, 0.29) is 44.0 Å². The number of hydrogen-bond acceptors (Lipinski definition) is 8. The molecule has 3 aliphatic rings. The number of aromatic nitrogens is 1. The molecule has 0 saturated carbocycles. The molecule has 190 valence electrons. The van der Waals surface area contributed by atoms with Crippen molar-refractivity contribution < 1.29 is 28.7 Å². The van der Waals surface area contributed by atoms with E-state index in [0.717, 1.165) is 11.3 Å². The molecule has 1 unspecified atom stereocenters. The third-order valence-electron chi connectivity index (χ3n) is 6.76. The van der Waals surface area contributed by atoms with Crippen LogP contribution in [0, 0.1) is 0 Å². The number of Topliss-reactive ketones (excluding diaryl/α,β-unsaturated/α-hetero) is 1. The third-order valence-corrected chi connectivity index (χ3v) is 6.76. The van der Waals surface area contributed by atoms with E-state index in [1.807, 2.05) is 6.07 Å². The van der Waals surface area contributed by atoms with Gasteiger partial charge in [-0.25, -0.2) is 4.79 Å². The molecule has 0 saturated heterocycles. The Hall–Kier alpha value is -4.11. The van der Waals surface area contributed by atoms with Crippen molar-refractivity contribution in [3.63, 3.8) is 0 Å². The van der Waals surface area contributed by atoms with Gasteiger partial charge < -0.3 is 14.8 Å². The van der Waals surface area contributed by atoms with Gasteiger partial charge in [-0.2, -0.15) is 0 Å². The van der Waals surface area contributed by atoms with Crippen molar-refractivity contribution >= 4 is 23.6 Å². The van der Waals surface area contributed by atoms with Crippen LogP contribution in [-0.2, 0) is 19.1 Å². The highest BCUT2D eigenvalue weighted by molar-refractivity contribution is 6.21. The molecule has 3 heterocycles. The number of fused-ring (bicyclic) bond motifs is 1. The number of carbonyl (C=O) groups is 4. The molecule has 9 heteroatoms. The summed E-state index contributed by atoms with van der Waals surface area (Å²) in [5, 5.41) is 3.28. The Kier molecular flexibility index (Phi) is 6.96. The summed E-state index contributed by atoms with van der Waals surface area (Å²) in [5.41, 5.74) is 3.64. The van der Waals surface area contributed by atoms with Crippen LogP contribution in [0.1, 0.15) is 58.4 Å². The van der Waals surface area contributed by atoms with Crippen LogP contribution in [0.2, 0.25) is 0 Å². The maximum Gasteiger partial charge on any atom is 0.336 e. The lowest BCUT2D eigenvalue weighted by Gasteiger charge is -2.34. The number of dihydropyridines is 1. The second kappa shape index (κ2) is 10.5. The van der Waals surface area contributed by atoms with E-state index in [9.17, 15) is 19.2 Å². The topological polar surface area (TPSA) is 115 Å². The number of hydrogen-bond donors (Lipinski definition) is 1. The Bertz CT molecular complexity index is 1300. The minimum atomic E-state index is -0.619. The second-order valence-corrected chi connectivity index (χ2v) is 8.99. The van der Waals surface area contributed by atoms with Gasteiger partial charge in [-0.3, -0.25) is 24.3 Å². The summed E-state index contributed by atoms with van der Waals surface area (Å²) in [6, 6.07) is 10.3. The molecule has 0 fully saturated rings. The number of esters is 1. The normalized spacial score (nSPS) is 19.1. The first-order chi connectivity index (χ1) is 18.0. The smallest absolute Gasteiger partial charge is 0.336 e. The van der Waals surface area contributed by atoms with E-state index in [1.165, 1.54) is 4.90 Å². The van der Waals surface area contributed by atoms with Crippen molar-refractivity contribution in [2.24, 2.45) is 0 Å². The van der Waals surface area contributed by atoms with Crippen LogP contribution in [0.4, 0.5) is 0 Å². The number of nitrogens with one attached hydrogen (secondary N) is 1. The first-order valence-corrected chi connectivity index (χ1v) is 12.4. The van der Waals surface area contributed by atoms with Gasteiger partial charge in [-0.1, -0.05) is 18.2 Å². The van der Waals surface area contributed by atoms with Gasteiger partial charge in [0.15, 0.2) is 5.78 Å². The maximum atomic E-state index is 13.2. The summed E-state index contributed by atoms with van der Waals surface area (Å²) in [7, 11) is 0. The molecule has 0 bridgehead atoms. The van der Waals surface area contributed by atoms with Crippen LogP contribution < -0.4 is 5.32 Å². The molecule has 5 rings (SSSR count). The molecule has 1 N–H and O–H groups in total. The monoisotopic (exact) mass is 501 g/mol. The number of pyridine rings is 1. The Morgan fingerprint density at radius 2 is 1.84 bits per heavy atom. The van der Waals surface area contributed by atoms with E-state index in [1.54, 1.807) is 49.6 Å². The molecule has 1 atom stereocenters. The van der Waals surface area contributed by atoms with Crippen molar-refractivity contribution in [3.05, 3.63) is 88.0 Å². The zero-order valence-corrected chi connectivity index (χ0v) is 20.5. The second-order valence-electron chi connectivity index (χ2n) is 8.99. The molecular formula is C28H27N3O6. The van der Waals surface area contributed by atoms with Gasteiger partial charge >= 0.3 is 5.97 Å². The predicted octanol–water partition coefficient (Wildman–Crippen LogP) is 2.91. The zero-order chi connectivity index (χ0) is 25.9. The fraction of sp³-hybridized carbons (Fsp3) is 0.321. The van der Waals surface area contributed by atoms with E-state index in [4.69, 9.17) is 9.47 Å². The van der Waals surface area contributed by atoms with Crippen LogP contribution >= 0.6 is 0 Å². The molecule has 2 aromatic rings. The van der Waals surface area contributed by atoms with Crippen molar-refractivity contribution in [2.75, 3.05) is 26.4 Å². The SMILES string of the molecule is CCOC(=O)C1=C(COCCN2C(=O)c3ccccc3C2=O)NC2=C(C(=O)CCC2)C1c1cccnc1. The average Bonchev–Trinajstić information content (AvgIpc) is 3.16. The number of carbonyl (C=O) groups excluding carboxylic acids is 4. The van der Waals surface area contributed by atoms with E-state index in [0.29, 0.717) is 47.2 Å². The van der Waals surface area contributed by atoms with Crippen molar-refractivity contribution in [3.8, 4) is 0 Å². The Morgan fingerprint density at radius 1 is 1.08 bits per heavy atom. The highest BCUT2D eigenvalue weighted by Gasteiger charge is 2.40. The molecule has 1 aromatic carbocycles. The maximum absolute atomic E-state index is 13.2. The number of benzene rings is 1. The van der Waals surface area contributed by atoms with Crippen molar-refractivity contribution in [2.45, 2.75) is 32.1 Å². The van der Waals surface area contributed by atoms with Crippen molar-refractivity contribution in [1.82, 2.24) is 15.2 Å². The van der Waals surface area contributed by atoms with Crippen molar-refractivity contribution in [1.29, 1.82) is 0 Å². The Labute approximate surface area is 214 Å². The number of nitrogens with zero attached hydrogens (tertiary/aromatic N) is 2. The Morgan fingerprint density at radius 3 is 2.51 bits per heavy atom. The summed E-state index contributed by atoms with van der Waals surface area (Å²) in [6.45, 7) is 2.07. The molecule has 1 aromatic heterocycles.